The smallest absolute Gasteiger partial charge is 0.150 e. The summed E-state index contributed by atoms with van der Waals surface area (Å²) < 4.78 is 5.32. The van der Waals surface area contributed by atoms with Crippen molar-refractivity contribution in [3.8, 4) is 0 Å². The average molecular weight is 323 g/mol. The van der Waals surface area contributed by atoms with Gasteiger partial charge < -0.3 is 9.42 Å². The van der Waals surface area contributed by atoms with Crippen LogP contribution in [-0.4, -0.2) is 46.2 Å². The van der Waals surface area contributed by atoms with Crippen molar-refractivity contribution >= 4 is 16.9 Å². The summed E-state index contributed by atoms with van der Waals surface area (Å²) in [5, 5.41) is 3.95. The minimum Gasteiger partial charge on any atom is -0.360 e. The van der Waals surface area contributed by atoms with Gasteiger partial charge in [0.1, 0.15) is 0 Å². The number of hydrogen-bond donors (Lipinski definition) is 0. The van der Waals surface area contributed by atoms with E-state index in [2.05, 4.69) is 15.0 Å². The van der Waals surface area contributed by atoms with Crippen molar-refractivity contribution in [2.45, 2.75) is 20.4 Å². The zero-order valence-corrected chi connectivity index (χ0v) is 14.1. The highest BCUT2D eigenvalue weighted by Crippen LogP contribution is 2.21. The number of aromatic nitrogens is 3. The highest BCUT2D eigenvalue weighted by molar-refractivity contribution is 5.76. The zero-order chi connectivity index (χ0) is 16.5. The summed E-state index contributed by atoms with van der Waals surface area (Å²) in [6.45, 7) is 8.66. The van der Waals surface area contributed by atoms with E-state index in [1.807, 2.05) is 44.2 Å². The van der Waals surface area contributed by atoms with Gasteiger partial charge in [0.05, 0.1) is 29.0 Å². The molecule has 1 aliphatic heterocycles. The Balaban J connectivity index is 1.46. The topological polar surface area (TPSA) is 58.3 Å². The van der Waals surface area contributed by atoms with E-state index in [9.17, 15) is 0 Å². The summed E-state index contributed by atoms with van der Waals surface area (Å²) in [5.74, 6) is 1.94. The lowest BCUT2D eigenvalue weighted by Gasteiger charge is -2.35. The van der Waals surface area contributed by atoms with Crippen LogP contribution < -0.4 is 4.90 Å². The molecular formula is C18H21N5O. The first kappa shape index (κ1) is 15.1. The SMILES string of the molecule is Cc1cc(CN2CCN(c3nc4ccccc4nc3C)CC2)on1. The molecule has 0 radical (unpaired) electrons. The fraction of sp³-hybridized carbons (Fsp3) is 0.389. The molecule has 0 unspecified atom stereocenters. The van der Waals surface area contributed by atoms with Gasteiger partial charge in [0, 0.05) is 32.2 Å². The van der Waals surface area contributed by atoms with E-state index < -0.39 is 0 Å². The Morgan fingerprint density at radius 1 is 1.00 bits per heavy atom. The predicted molar refractivity (Wildman–Crippen MR) is 93.0 cm³/mol. The molecule has 0 saturated carbocycles. The van der Waals surface area contributed by atoms with Crippen LogP contribution in [0.1, 0.15) is 17.1 Å². The van der Waals surface area contributed by atoms with Gasteiger partial charge in [-0.2, -0.15) is 0 Å². The maximum Gasteiger partial charge on any atom is 0.150 e. The van der Waals surface area contributed by atoms with E-state index in [4.69, 9.17) is 14.5 Å². The minimum atomic E-state index is 0.817. The third-order valence-electron chi connectivity index (χ3n) is 4.45. The molecule has 124 valence electrons. The number of aryl methyl sites for hydroxylation is 2. The predicted octanol–water partition coefficient (Wildman–Crippen LogP) is 2.56. The van der Waals surface area contributed by atoms with E-state index in [0.717, 1.165) is 66.7 Å². The molecule has 1 aliphatic rings. The second kappa shape index (κ2) is 6.20. The standard InChI is InChI=1S/C18H21N5O/c1-13-11-15(24-21-13)12-22-7-9-23(10-8-22)18-14(2)19-16-5-3-4-6-17(16)20-18/h3-6,11H,7-10,12H2,1-2H3. The van der Waals surface area contributed by atoms with Crippen molar-refractivity contribution in [2.24, 2.45) is 0 Å². The van der Waals surface area contributed by atoms with Crippen LogP contribution in [0.25, 0.3) is 11.0 Å². The largest absolute Gasteiger partial charge is 0.360 e. The monoisotopic (exact) mass is 323 g/mol. The van der Waals surface area contributed by atoms with Crippen molar-refractivity contribution in [1.82, 2.24) is 20.0 Å². The fourth-order valence-electron chi connectivity index (χ4n) is 3.21. The molecule has 6 heteroatoms. The van der Waals surface area contributed by atoms with Gasteiger partial charge in [-0.15, -0.1) is 0 Å². The van der Waals surface area contributed by atoms with Gasteiger partial charge in [-0.05, 0) is 26.0 Å². The van der Waals surface area contributed by atoms with E-state index in [0.29, 0.717) is 0 Å². The molecule has 0 N–H and O–H groups in total. The molecule has 0 atom stereocenters. The van der Waals surface area contributed by atoms with Crippen molar-refractivity contribution in [1.29, 1.82) is 0 Å². The Hall–Kier alpha value is -2.47. The Kier molecular flexibility index (Phi) is 3.90. The minimum absolute atomic E-state index is 0.817. The summed E-state index contributed by atoms with van der Waals surface area (Å²) >= 11 is 0. The third-order valence-corrected chi connectivity index (χ3v) is 4.45. The normalized spacial score (nSPS) is 16.0. The van der Waals surface area contributed by atoms with Crippen LogP contribution >= 0.6 is 0 Å². The van der Waals surface area contributed by atoms with Crippen molar-refractivity contribution in [2.75, 3.05) is 31.1 Å². The van der Waals surface area contributed by atoms with Crippen LogP contribution in [0, 0.1) is 13.8 Å². The molecule has 2 aromatic heterocycles. The number of para-hydroxylation sites is 2. The summed E-state index contributed by atoms with van der Waals surface area (Å²) in [7, 11) is 0. The number of nitrogens with zero attached hydrogens (tertiary/aromatic N) is 5. The zero-order valence-electron chi connectivity index (χ0n) is 14.1. The molecule has 0 spiro atoms. The highest BCUT2D eigenvalue weighted by Gasteiger charge is 2.21. The van der Waals surface area contributed by atoms with E-state index in [1.165, 1.54) is 0 Å². The first-order valence-electron chi connectivity index (χ1n) is 8.32. The number of fused-ring (bicyclic) bond motifs is 1. The van der Waals surface area contributed by atoms with Gasteiger partial charge in [0.25, 0.3) is 0 Å². The fourth-order valence-corrected chi connectivity index (χ4v) is 3.21. The van der Waals surface area contributed by atoms with Crippen LogP contribution in [0.2, 0.25) is 0 Å². The van der Waals surface area contributed by atoms with Crippen LogP contribution in [0.15, 0.2) is 34.9 Å². The molecular weight excluding hydrogens is 302 g/mol. The molecule has 6 nitrogen and oxygen atoms in total. The van der Waals surface area contributed by atoms with Crippen molar-refractivity contribution < 1.29 is 4.52 Å². The van der Waals surface area contributed by atoms with Crippen LogP contribution in [0.3, 0.4) is 0 Å². The Morgan fingerprint density at radius 3 is 2.38 bits per heavy atom. The molecule has 1 aromatic carbocycles. The number of benzene rings is 1. The molecule has 1 fully saturated rings. The Bertz CT molecular complexity index is 851. The van der Waals surface area contributed by atoms with E-state index in [1.54, 1.807) is 0 Å². The molecule has 4 rings (SSSR count). The number of piperazine rings is 1. The van der Waals surface area contributed by atoms with E-state index in [-0.39, 0.29) is 0 Å². The summed E-state index contributed by atoms with van der Waals surface area (Å²) in [6.07, 6.45) is 0. The highest BCUT2D eigenvalue weighted by atomic mass is 16.5. The number of anilines is 1. The lowest BCUT2D eigenvalue weighted by Crippen LogP contribution is -2.46. The summed E-state index contributed by atoms with van der Waals surface area (Å²) in [5.41, 5.74) is 3.84. The lowest BCUT2D eigenvalue weighted by atomic mass is 10.2. The van der Waals surface area contributed by atoms with Crippen LogP contribution in [0.4, 0.5) is 5.82 Å². The second-order valence-corrected chi connectivity index (χ2v) is 6.32. The first-order valence-corrected chi connectivity index (χ1v) is 8.32. The van der Waals surface area contributed by atoms with E-state index >= 15 is 0 Å². The average Bonchev–Trinajstić information content (AvgIpc) is 3.00. The summed E-state index contributed by atoms with van der Waals surface area (Å²) in [4.78, 5) is 14.2. The van der Waals surface area contributed by atoms with Gasteiger partial charge in [-0.3, -0.25) is 4.90 Å². The molecule has 0 aliphatic carbocycles. The molecule has 24 heavy (non-hydrogen) atoms. The van der Waals surface area contributed by atoms with Crippen LogP contribution in [0.5, 0.6) is 0 Å². The van der Waals surface area contributed by atoms with Crippen LogP contribution in [-0.2, 0) is 6.54 Å². The van der Waals surface area contributed by atoms with Gasteiger partial charge in [-0.1, -0.05) is 17.3 Å². The molecule has 0 bridgehead atoms. The van der Waals surface area contributed by atoms with Crippen molar-refractivity contribution in [3.63, 3.8) is 0 Å². The summed E-state index contributed by atoms with van der Waals surface area (Å²) in [6, 6.07) is 10.0. The van der Waals surface area contributed by atoms with Gasteiger partial charge in [0.2, 0.25) is 0 Å². The van der Waals surface area contributed by atoms with Gasteiger partial charge in [-0.25, -0.2) is 9.97 Å². The number of hydrogen-bond acceptors (Lipinski definition) is 6. The quantitative estimate of drug-likeness (QED) is 0.738. The van der Waals surface area contributed by atoms with Crippen molar-refractivity contribution in [3.05, 3.63) is 47.5 Å². The number of rotatable bonds is 3. The maximum atomic E-state index is 5.32. The molecule has 1 saturated heterocycles. The molecule has 3 aromatic rings. The van der Waals surface area contributed by atoms with Gasteiger partial charge in [0.15, 0.2) is 11.6 Å². The molecule has 0 amide bonds. The third kappa shape index (κ3) is 2.97. The molecule has 3 heterocycles. The maximum absolute atomic E-state index is 5.32. The lowest BCUT2D eigenvalue weighted by molar-refractivity contribution is 0.219. The Morgan fingerprint density at radius 2 is 1.71 bits per heavy atom. The first-order chi connectivity index (χ1) is 11.7. The second-order valence-electron chi connectivity index (χ2n) is 6.32. The Labute approximate surface area is 141 Å². The van der Waals surface area contributed by atoms with Gasteiger partial charge >= 0.3 is 0 Å².